The highest BCUT2D eigenvalue weighted by atomic mass is 16.5. The van der Waals surface area contributed by atoms with Crippen LogP contribution < -0.4 is 4.74 Å². The highest BCUT2D eigenvalue weighted by molar-refractivity contribution is 5.82. The molecule has 1 saturated carbocycles. The molecule has 0 N–H and O–H groups in total. The van der Waals surface area contributed by atoms with E-state index in [2.05, 4.69) is 42.2 Å². The summed E-state index contributed by atoms with van der Waals surface area (Å²) in [5, 5.41) is 0. The Morgan fingerprint density at radius 2 is 1.76 bits per heavy atom. The zero-order valence-corrected chi connectivity index (χ0v) is 19.5. The first kappa shape index (κ1) is 22.0. The fraction of sp³-hybridized carbons (Fsp3) is 0.481. The van der Waals surface area contributed by atoms with Gasteiger partial charge in [-0.3, -0.25) is 9.59 Å². The summed E-state index contributed by atoms with van der Waals surface area (Å²) >= 11 is 0. The predicted molar refractivity (Wildman–Crippen MR) is 125 cm³/mol. The molecule has 2 aromatic carbocycles. The van der Waals surface area contributed by atoms with Gasteiger partial charge in [0.25, 0.3) is 5.91 Å². The zero-order valence-electron chi connectivity index (χ0n) is 19.5. The van der Waals surface area contributed by atoms with E-state index in [0.717, 1.165) is 36.9 Å². The molecule has 3 aliphatic rings. The van der Waals surface area contributed by atoms with Gasteiger partial charge in [0.2, 0.25) is 5.91 Å². The zero-order chi connectivity index (χ0) is 22.9. The van der Waals surface area contributed by atoms with Gasteiger partial charge in [0.05, 0.1) is 19.3 Å². The van der Waals surface area contributed by atoms with Crippen LogP contribution in [0.2, 0.25) is 0 Å². The van der Waals surface area contributed by atoms with Crippen LogP contribution in [0.15, 0.2) is 42.5 Å². The summed E-state index contributed by atoms with van der Waals surface area (Å²) < 4.78 is 11.5. The van der Waals surface area contributed by atoms with E-state index in [1.807, 2.05) is 12.1 Å². The van der Waals surface area contributed by atoms with Crippen molar-refractivity contribution >= 4 is 11.8 Å². The third-order valence-corrected chi connectivity index (χ3v) is 6.93. The topological polar surface area (TPSA) is 59.1 Å². The summed E-state index contributed by atoms with van der Waals surface area (Å²) in [7, 11) is 0. The first-order chi connectivity index (χ1) is 16.0. The third-order valence-electron chi connectivity index (χ3n) is 6.93. The highest BCUT2D eigenvalue weighted by Crippen LogP contribution is 2.41. The van der Waals surface area contributed by atoms with Crippen LogP contribution in [-0.2, 0) is 20.7 Å². The Balaban J connectivity index is 1.43. The monoisotopic (exact) mass is 448 g/mol. The van der Waals surface area contributed by atoms with E-state index < -0.39 is 6.10 Å². The van der Waals surface area contributed by atoms with Crippen LogP contribution in [0.5, 0.6) is 5.75 Å². The van der Waals surface area contributed by atoms with Crippen molar-refractivity contribution < 1.29 is 19.1 Å². The van der Waals surface area contributed by atoms with Crippen LogP contribution in [-0.4, -0.2) is 60.6 Å². The van der Waals surface area contributed by atoms with E-state index in [4.69, 9.17) is 9.47 Å². The molecule has 6 nitrogen and oxygen atoms in total. The van der Waals surface area contributed by atoms with Gasteiger partial charge >= 0.3 is 0 Å². The number of nitrogens with zero attached hydrogens (tertiary/aromatic N) is 2. The fourth-order valence-electron chi connectivity index (χ4n) is 4.87. The summed E-state index contributed by atoms with van der Waals surface area (Å²) in [5.74, 6) is 1.08. The van der Waals surface area contributed by atoms with Crippen molar-refractivity contribution in [3.63, 3.8) is 0 Å². The molecular weight excluding hydrogens is 416 g/mol. The fourth-order valence-corrected chi connectivity index (χ4v) is 4.87. The molecule has 33 heavy (non-hydrogen) atoms. The molecule has 2 aromatic rings. The summed E-state index contributed by atoms with van der Waals surface area (Å²) in [6.07, 6.45) is 2.24. The Morgan fingerprint density at radius 3 is 2.45 bits per heavy atom. The molecule has 6 heteroatoms. The van der Waals surface area contributed by atoms with Gasteiger partial charge in [-0.1, -0.05) is 35.9 Å². The number of fused-ring (bicyclic) bond motifs is 1. The van der Waals surface area contributed by atoms with Crippen LogP contribution in [0.3, 0.4) is 0 Å². The second-order valence-electron chi connectivity index (χ2n) is 9.43. The Hall–Kier alpha value is -2.86. The van der Waals surface area contributed by atoms with E-state index in [9.17, 15) is 9.59 Å². The Labute approximate surface area is 195 Å². The van der Waals surface area contributed by atoms with Crippen molar-refractivity contribution in [1.82, 2.24) is 9.80 Å². The normalized spacial score (nSPS) is 21.3. The molecule has 1 aliphatic carbocycles. The number of hydrogen-bond donors (Lipinski definition) is 0. The molecule has 0 bridgehead atoms. The van der Waals surface area contributed by atoms with Gasteiger partial charge in [0.1, 0.15) is 5.75 Å². The average molecular weight is 449 g/mol. The Kier molecular flexibility index (Phi) is 6.11. The predicted octanol–water partition coefficient (Wildman–Crippen LogP) is 3.51. The molecule has 1 saturated heterocycles. The lowest BCUT2D eigenvalue weighted by atomic mass is 9.87. The van der Waals surface area contributed by atoms with Crippen molar-refractivity contribution in [1.29, 1.82) is 0 Å². The second-order valence-corrected chi connectivity index (χ2v) is 9.43. The van der Waals surface area contributed by atoms with Crippen molar-refractivity contribution in [3.05, 3.63) is 64.7 Å². The molecule has 2 heterocycles. The van der Waals surface area contributed by atoms with Crippen LogP contribution >= 0.6 is 0 Å². The summed E-state index contributed by atoms with van der Waals surface area (Å²) in [6.45, 7) is 6.95. The van der Waals surface area contributed by atoms with Crippen LogP contribution in [0.1, 0.15) is 48.1 Å². The number of benzene rings is 2. The SMILES string of the molecule is Cc1ccc([C@@H]2c3cc(O[C@H](C)C(=O)N4CCOCC4)ccc3CCN2C(=O)C2CC2)cc1. The molecule has 0 radical (unpaired) electrons. The number of ether oxygens (including phenoxy) is 2. The number of carbonyl (C=O) groups excluding carboxylic acids is 2. The first-order valence-electron chi connectivity index (χ1n) is 12.0. The molecule has 174 valence electrons. The Morgan fingerprint density at radius 1 is 1.03 bits per heavy atom. The van der Waals surface area contributed by atoms with Gasteiger partial charge in [-0.15, -0.1) is 0 Å². The van der Waals surface area contributed by atoms with Gasteiger partial charge in [-0.25, -0.2) is 0 Å². The summed E-state index contributed by atoms with van der Waals surface area (Å²) in [4.78, 5) is 29.9. The third kappa shape index (κ3) is 4.62. The maximum Gasteiger partial charge on any atom is 0.263 e. The van der Waals surface area contributed by atoms with Crippen molar-refractivity contribution in [2.24, 2.45) is 5.92 Å². The summed E-state index contributed by atoms with van der Waals surface area (Å²) in [5.41, 5.74) is 4.65. The first-order valence-corrected chi connectivity index (χ1v) is 12.0. The van der Waals surface area contributed by atoms with Crippen LogP contribution in [0, 0.1) is 12.8 Å². The highest BCUT2D eigenvalue weighted by Gasteiger charge is 2.39. The summed E-state index contributed by atoms with van der Waals surface area (Å²) in [6, 6.07) is 14.4. The van der Waals surface area contributed by atoms with E-state index in [1.165, 1.54) is 11.1 Å². The van der Waals surface area contributed by atoms with E-state index in [1.54, 1.807) is 11.8 Å². The number of rotatable bonds is 5. The minimum Gasteiger partial charge on any atom is -0.481 e. The molecule has 0 spiro atoms. The molecule has 0 unspecified atom stereocenters. The van der Waals surface area contributed by atoms with Crippen molar-refractivity contribution in [3.8, 4) is 5.75 Å². The standard InChI is InChI=1S/C27H32N2O4/c1-18-3-5-21(6-4-18)25-24-17-23(33-19(2)26(30)28-13-15-32-16-14-28)10-9-20(24)11-12-29(25)27(31)22-7-8-22/h3-6,9-10,17,19,22,25H,7-8,11-16H2,1-2H3/t19-,25-/m1/s1. The van der Waals surface area contributed by atoms with E-state index >= 15 is 0 Å². The number of carbonyl (C=O) groups is 2. The number of morpholine rings is 1. The van der Waals surface area contributed by atoms with Gasteiger partial charge in [-0.2, -0.15) is 0 Å². The number of aryl methyl sites for hydroxylation is 1. The Bertz CT molecular complexity index is 1020. The van der Waals surface area contributed by atoms with Crippen molar-refractivity contribution in [2.45, 2.75) is 45.3 Å². The lowest BCUT2D eigenvalue weighted by molar-refractivity contribution is -0.142. The van der Waals surface area contributed by atoms with Gasteiger partial charge in [0, 0.05) is 25.6 Å². The molecule has 2 fully saturated rings. The second kappa shape index (κ2) is 9.18. The lowest BCUT2D eigenvalue weighted by Gasteiger charge is -2.38. The largest absolute Gasteiger partial charge is 0.481 e. The lowest BCUT2D eigenvalue weighted by Crippen LogP contribution is -2.46. The maximum atomic E-state index is 13.2. The van der Waals surface area contributed by atoms with Gasteiger partial charge in [-0.05, 0) is 61.9 Å². The van der Waals surface area contributed by atoms with Gasteiger partial charge < -0.3 is 19.3 Å². The maximum absolute atomic E-state index is 13.2. The average Bonchev–Trinajstić information content (AvgIpc) is 3.69. The molecule has 0 aromatic heterocycles. The minimum atomic E-state index is -0.577. The van der Waals surface area contributed by atoms with Crippen LogP contribution in [0.4, 0.5) is 0 Å². The minimum absolute atomic E-state index is 0.0170. The molecule has 2 atom stereocenters. The number of hydrogen-bond acceptors (Lipinski definition) is 4. The van der Waals surface area contributed by atoms with Crippen LogP contribution in [0.25, 0.3) is 0 Å². The number of amides is 2. The molecule has 5 rings (SSSR count). The molecule has 2 aliphatic heterocycles. The van der Waals surface area contributed by atoms with Gasteiger partial charge in [0.15, 0.2) is 6.10 Å². The molecular formula is C27H32N2O4. The van der Waals surface area contributed by atoms with E-state index in [-0.39, 0.29) is 23.8 Å². The van der Waals surface area contributed by atoms with Crippen molar-refractivity contribution in [2.75, 3.05) is 32.8 Å². The quantitative estimate of drug-likeness (QED) is 0.703. The molecule has 2 amide bonds. The smallest absolute Gasteiger partial charge is 0.263 e. The van der Waals surface area contributed by atoms with E-state index in [0.29, 0.717) is 32.1 Å².